The van der Waals surface area contributed by atoms with Crippen LogP contribution in [-0.2, 0) is 0 Å². The van der Waals surface area contributed by atoms with Crippen LogP contribution in [0.25, 0.3) is 0 Å². The summed E-state index contributed by atoms with van der Waals surface area (Å²) in [5, 5.41) is 0. The molecule has 1 aromatic rings. The van der Waals surface area contributed by atoms with Crippen molar-refractivity contribution < 1.29 is 4.79 Å². The zero-order valence-corrected chi connectivity index (χ0v) is 12.0. The molecule has 100 valence electrons. The van der Waals surface area contributed by atoms with Crippen LogP contribution in [0.1, 0.15) is 48.9 Å². The largest absolute Gasteiger partial charge is 0.298 e. The van der Waals surface area contributed by atoms with Crippen LogP contribution in [0.2, 0.25) is 0 Å². The molecule has 0 aliphatic heterocycles. The Hall–Kier alpha value is -0.760. The number of carbonyl (C=O) groups excluding carboxylic acids is 1. The highest BCUT2D eigenvalue weighted by atomic mass is 32.2. The normalized spacial score (nSPS) is 39.5. The first-order valence-corrected chi connectivity index (χ1v) is 8.31. The van der Waals surface area contributed by atoms with Gasteiger partial charge in [0.1, 0.15) is 0 Å². The van der Waals surface area contributed by atoms with Crippen molar-refractivity contribution in [2.24, 2.45) is 17.8 Å². The molecule has 0 spiro atoms. The van der Waals surface area contributed by atoms with E-state index in [1.54, 1.807) is 0 Å². The molecule has 0 unspecified atom stereocenters. The van der Waals surface area contributed by atoms with Gasteiger partial charge in [0.15, 0.2) is 6.29 Å². The van der Waals surface area contributed by atoms with Gasteiger partial charge in [-0.25, -0.2) is 0 Å². The smallest absolute Gasteiger partial charge is 0.151 e. The molecular weight excluding hydrogens is 252 g/mol. The molecule has 1 nitrogen and oxygen atoms in total. The molecule has 0 aromatic heterocycles. The summed E-state index contributed by atoms with van der Waals surface area (Å²) >= 11 is 2.02. The minimum Gasteiger partial charge on any atom is -0.298 e. The Morgan fingerprint density at radius 3 is 2.16 bits per heavy atom. The van der Waals surface area contributed by atoms with Crippen molar-refractivity contribution in [2.75, 3.05) is 0 Å². The molecule has 0 heterocycles. The highest BCUT2D eigenvalue weighted by molar-refractivity contribution is 8.00. The molecule has 4 aliphatic carbocycles. The molecule has 1 aromatic carbocycles. The number of hydrogen-bond donors (Lipinski definition) is 0. The monoisotopic (exact) mass is 272 g/mol. The van der Waals surface area contributed by atoms with Gasteiger partial charge in [0.05, 0.1) is 0 Å². The van der Waals surface area contributed by atoms with Crippen LogP contribution in [-0.4, -0.2) is 11.0 Å². The molecule has 0 saturated heterocycles. The lowest BCUT2D eigenvalue weighted by Gasteiger charge is -2.56. The molecule has 0 N–H and O–H groups in total. The van der Waals surface area contributed by atoms with Gasteiger partial charge in [-0.2, -0.15) is 0 Å². The van der Waals surface area contributed by atoms with Crippen LogP contribution >= 0.6 is 11.8 Å². The van der Waals surface area contributed by atoms with Gasteiger partial charge in [0, 0.05) is 15.2 Å². The van der Waals surface area contributed by atoms with Crippen molar-refractivity contribution in [2.45, 2.75) is 48.2 Å². The van der Waals surface area contributed by atoms with Gasteiger partial charge < -0.3 is 0 Å². The quantitative estimate of drug-likeness (QED) is 0.750. The number of rotatable bonds is 3. The number of carbonyl (C=O) groups is 1. The van der Waals surface area contributed by atoms with Crippen LogP contribution in [0, 0.1) is 17.8 Å². The van der Waals surface area contributed by atoms with E-state index in [1.807, 2.05) is 23.9 Å². The molecular formula is C17H20OS. The number of thioether (sulfide) groups is 1. The third-order valence-corrected chi connectivity index (χ3v) is 6.88. The van der Waals surface area contributed by atoms with E-state index >= 15 is 0 Å². The molecule has 0 atom stereocenters. The molecule has 2 heteroatoms. The first-order chi connectivity index (χ1) is 9.26. The zero-order valence-electron chi connectivity index (χ0n) is 11.2. The highest BCUT2D eigenvalue weighted by Crippen LogP contribution is 2.62. The van der Waals surface area contributed by atoms with Gasteiger partial charge >= 0.3 is 0 Å². The summed E-state index contributed by atoms with van der Waals surface area (Å²) in [5.41, 5.74) is 0.878. The Labute approximate surface area is 119 Å². The fraction of sp³-hybridized carbons (Fsp3) is 0.588. The maximum absolute atomic E-state index is 11.2. The van der Waals surface area contributed by atoms with E-state index in [1.165, 1.54) is 43.4 Å². The van der Waals surface area contributed by atoms with Crippen molar-refractivity contribution in [3.05, 3.63) is 29.8 Å². The van der Waals surface area contributed by atoms with Gasteiger partial charge in [0.2, 0.25) is 0 Å². The van der Waals surface area contributed by atoms with Crippen LogP contribution in [0.15, 0.2) is 29.2 Å². The molecule has 4 bridgehead atoms. The number of benzene rings is 1. The Bertz CT molecular complexity index is 472. The maximum atomic E-state index is 11.2. The summed E-state index contributed by atoms with van der Waals surface area (Å²) in [6.07, 6.45) is 9.62. The second-order valence-corrected chi connectivity index (χ2v) is 8.37. The summed E-state index contributed by atoms with van der Waals surface area (Å²) < 4.78 is 0.452. The summed E-state index contributed by atoms with van der Waals surface area (Å²) in [6, 6.07) is 8.12. The maximum Gasteiger partial charge on any atom is 0.151 e. The van der Waals surface area contributed by atoms with Gasteiger partial charge in [0.25, 0.3) is 0 Å². The summed E-state index contributed by atoms with van der Waals surface area (Å²) in [7, 11) is 0. The second-order valence-electron chi connectivity index (χ2n) is 6.86. The van der Waals surface area contributed by atoms with E-state index in [-0.39, 0.29) is 0 Å². The van der Waals surface area contributed by atoms with Crippen molar-refractivity contribution in [1.29, 1.82) is 0 Å². The lowest BCUT2D eigenvalue weighted by atomic mass is 9.56. The van der Waals surface area contributed by atoms with E-state index in [2.05, 4.69) is 12.1 Å². The van der Waals surface area contributed by atoms with E-state index in [9.17, 15) is 4.79 Å². The fourth-order valence-electron chi connectivity index (χ4n) is 5.06. The summed E-state index contributed by atoms with van der Waals surface area (Å²) in [5.74, 6) is 2.92. The van der Waals surface area contributed by atoms with Crippen LogP contribution in [0.4, 0.5) is 0 Å². The minimum absolute atomic E-state index is 0.452. The van der Waals surface area contributed by atoms with Gasteiger partial charge in [-0.1, -0.05) is 18.2 Å². The van der Waals surface area contributed by atoms with E-state index in [4.69, 9.17) is 0 Å². The van der Waals surface area contributed by atoms with Crippen molar-refractivity contribution in [3.63, 3.8) is 0 Å². The number of hydrogen-bond acceptors (Lipinski definition) is 2. The van der Waals surface area contributed by atoms with E-state index in [0.717, 1.165) is 29.6 Å². The van der Waals surface area contributed by atoms with Crippen LogP contribution in [0.3, 0.4) is 0 Å². The lowest BCUT2D eigenvalue weighted by molar-refractivity contribution is 0.0383. The Balaban J connectivity index is 1.64. The summed E-state index contributed by atoms with van der Waals surface area (Å²) in [4.78, 5) is 12.4. The minimum atomic E-state index is 0.452. The Morgan fingerprint density at radius 1 is 1.00 bits per heavy atom. The van der Waals surface area contributed by atoms with Crippen LogP contribution in [0.5, 0.6) is 0 Å². The highest BCUT2D eigenvalue weighted by Gasteiger charge is 2.51. The fourth-order valence-corrected chi connectivity index (χ4v) is 6.86. The Morgan fingerprint density at radius 2 is 1.58 bits per heavy atom. The van der Waals surface area contributed by atoms with E-state index < -0.39 is 0 Å². The molecule has 4 fully saturated rings. The predicted octanol–water partition coefficient (Wildman–Crippen LogP) is 4.56. The van der Waals surface area contributed by atoms with Crippen molar-refractivity contribution in [3.8, 4) is 0 Å². The lowest BCUT2D eigenvalue weighted by Crippen LogP contribution is -2.48. The Kier molecular flexibility index (Phi) is 2.77. The summed E-state index contributed by atoms with van der Waals surface area (Å²) in [6.45, 7) is 0. The first-order valence-electron chi connectivity index (χ1n) is 7.49. The molecule has 0 amide bonds. The molecule has 19 heavy (non-hydrogen) atoms. The second kappa shape index (κ2) is 4.37. The average Bonchev–Trinajstić information content (AvgIpc) is 2.37. The molecule has 0 radical (unpaired) electrons. The standard InChI is InChI=1S/C17H20OS/c18-11-15-3-1-2-4-16(15)19-17-8-12-5-13(9-17)7-14(6-12)10-17/h1-4,11-14H,5-10H2. The van der Waals surface area contributed by atoms with Gasteiger partial charge in [-0.3, -0.25) is 4.79 Å². The van der Waals surface area contributed by atoms with Gasteiger partial charge in [-0.15, -0.1) is 11.8 Å². The van der Waals surface area contributed by atoms with Crippen molar-refractivity contribution in [1.82, 2.24) is 0 Å². The molecule has 5 rings (SSSR count). The zero-order chi connectivity index (χ0) is 12.9. The van der Waals surface area contributed by atoms with E-state index in [0.29, 0.717) is 4.75 Å². The van der Waals surface area contributed by atoms with Crippen LogP contribution < -0.4 is 0 Å². The van der Waals surface area contributed by atoms with Gasteiger partial charge in [-0.05, 0) is 62.3 Å². The molecule has 4 aliphatic rings. The predicted molar refractivity (Wildman–Crippen MR) is 78.6 cm³/mol. The number of aldehydes is 1. The first kappa shape index (κ1) is 12.0. The average molecular weight is 272 g/mol. The topological polar surface area (TPSA) is 17.1 Å². The third-order valence-electron chi connectivity index (χ3n) is 5.35. The SMILES string of the molecule is O=Cc1ccccc1SC12CC3CC(CC(C3)C1)C2. The third kappa shape index (κ3) is 2.05. The molecule has 4 saturated carbocycles. The van der Waals surface area contributed by atoms with Crippen molar-refractivity contribution >= 4 is 18.0 Å².